The average Bonchev–Trinajstić information content (AvgIpc) is 3.92. The molecule has 0 aromatic heterocycles. The fourth-order valence-corrected chi connectivity index (χ4v) is 6.54. The summed E-state index contributed by atoms with van der Waals surface area (Å²) in [5, 5.41) is 0. The van der Waals surface area contributed by atoms with Gasteiger partial charge in [-0.15, -0.1) is 0 Å². The molecule has 0 bridgehead atoms. The first-order valence-corrected chi connectivity index (χ1v) is 16.1. The number of carbonyl (C=O) groups excluding carboxylic acids is 3. The van der Waals surface area contributed by atoms with Gasteiger partial charge >= 0.3 is 6.09 Å². The summed E-state index contributed by atoms with van der Waals surface area (Å²) in [6, 6.07) is 14.5. The maximum Gasteiger partial charge on any atom is 0.410 e. The van der Waals surface area contributed by atoms with Crippen LogP contribution in [0, 0.1) is 5.92 Å². The van der Waals surface area contributed by atoms with E-state index in [1.54, 1.807) is 16.9 Å². The summed E-state index contributed by atoms with van der Waals surface area (Å²) < 4.78 is 16.7. The van der Waals surface area contributed by atoms with Crippen LogP contribution in [0.25, 0.3) is 0 Å². The van der Waals surface area contributed by atoms with E-state index in [1.165, 1.54) is 24.0 Å². The molecule has 4 aliphatic rings. The first-order chi connectivity index (χ1) is 21.1. The summed E-state index contributed by atoms with van der Waals surface area (Å²) >= 11 is 0. The van der Waals surface area contributed by atoms with Crippen molar-refractivity contribution in [1.29, 1.82) is 0 Å². The van der Waals surface area contributed by atoms with Crippen LogP contribution >= 0.6 is 0 Å². The predicted octanol–water partition coefficient (Wildman–Crippen LogP) is 5.86. The molecule has 9 nitrogen and oxygen atoms in total. The van der Waals surface area contributed by atoms with Crippen molar-refractivity contribution in [3.8, 4) is 5.75 Å². The lowest BCUT2D eigenvalue weighted by atomic mass is 9.79. The number of likely N-dealkylation sites (tertiary alicyclic amines) is 1. The van der Waals surface area contributed by atoms with E-state index < -0.39 is 11.5 Å². The summed E-state index contributed by atoms with van der Waals surface area (Å²) in [7, 11) is 1.65. The second-order valence-corrected chi connectivity index (χ2v) is 13.6. The van der Waals surface area contributed by atoms with Crippen molar-refractivity contribution in [3.05, 3.63) is 53.6 Å². The second kappa shape index (κ2) is 12.4. The number of methoxy groups -OCH3 is 1. The van der Waals surface area contributed by atoms with Crippen LogP contribution in [0.1, 0.15) is 82.3 Å². The van der Waals surface area contributed by atoms with E-state index in [4.69, 9.17) is 14.2 Å². The van der Waals surface area contributed by atoms with Crippen LogP contribution in [-0.2, 0) is 19.1 Å². The number of carbonyl (C=O) groups is 3. The maximum absolute atomic E-state index is 14.8. The highest BCUT2D eigenvalue weighted by Crippen LogP contribution is 2.45. The summed E-state index contributed by atoms with van der Waals surface area (Å²) in [6.45, 7) is 7.47. The zero-order chi connectivity index (χ0) is 31.0. The number of amides is 3. The number of anilines is 2. The molecule has 9 heteroatoms. The van der Waals surface area contributed by atoms with Crippen molar-refractivity contribution in [2.75, 3.05) is 49.8 Å². The molecule has 3 fully saturated rings. The quantitative estimate of drug-likeness (QED) is 0.334. The highest BCUT2D eigenvalue weighted by atomic mass is 16.6. The minimum Gasteiger partial charge on any atom is -0.482 e. The van der Waals surface area contributed by atoms with Crippen LogP contribution in [0.4, 0.5) is 16.2 Å². The molecule has 236 valence electrons. The molecule has 1 unspecified atom stereocenters. The average molecular weight is 604 g/mol. The van der Waals surface area contributed by atoms with Gasteiger partial charge in [0.25, 0.3) is 5.91 Å². The Hall–Kier alpha value is -3.59. The van der Waals surface area contributed by atoms with Crippen LogP contribution < -0.4 is 14.5 Å². The molecule has 3 amide bonds. The zero-order valence-corrected chi connectivity index (χ0v) is 26.4. The maximum atomic E-state index is 14.8. The Labute approximate surface area is 260 Å². The lowest BCUT2D eigenvalue weighted by Gasteiger charge is -2.41. The Kier molecular flexibility index (Phi) is 8.59. The van der Waals surface area contributed by atoms with Crippen molar-refractivity contribution < 1.29 is 28.6 Å². The number of piperidine rings is 1. The number of hydrogen-bond acceptors (Lipinski definition) is 6. The minimum atomic E-state index is -0.621. The van der Waals surface area contributed by atoms with Crippen molar-refractivity contribution in [1.82, 2.24) is 4.90 Å². The lowest BCUT2D eigenvalue weighted by Crippen LogP contribution is -2.51. The Morgan fingerprint density at radius 1 is 1.02 bits per heavy atom. The number of ether oxygens (including phenoxy) is 3. The van der Waals surface area contributed by atoms with Crippen LogP contribution in [0.15, 0.2) is 42.5 Å². The van der Waals surface area contributed by atoms with E-state index in [0.29, 0.717) is 56.4 Å². The monoisotopic (exact) mass is 603 g/mol. The fourth-order valence-electron chi connectivity index (χ4n) is 6.54. The van der Waals surface area contributed by atoms with E-state index in [-0.39, 0.29) is 36.5 Å². The smallest absolute Gasteiger partial charge is 0.410 e. The van der Waals surface area contributed by atoms with Crippen molar-refractivity contribution in [2.45, 2.75) is 82.8 Å². The van der Waals surface area contributed by atoms with Gasteiger partial charge in [-0.2, -0.15) is 0 Å². The topological polar surface area (TPSA) is 88.6 Å². The molecule has 2 atom stereocenters. The molecule has 2 aromatic carbocycles. The largest absolute Gasteiger partial charge is 0.482 e. The molecule has 2 aromatic rings. The van der Waals surface area contributed by atoms with Crippen LogP contribution in [0.5, 0.6) is 5.75 Å². The summed E-state index contributed by atoms with van der Waals surface area (Å²) in [6.07, 6.45) is 5.26. The van der Waals surface area contributed by atoms with Gasteiger partial charge in [0.1, 0.15) is 11.4 Å². The summed E-state index contributed by atoms with van der Waals surface area (Å²) in [4.78, 5) is 46.3. The molecule has 6 rings (SSSR count). The van der Waals surface area contributed by atoms with Gasteiger partial charge in [-0.3, -0.25) is 9.59 Å². The molecular weight excluding hydrogens is 558 g/mol. The molecular formula is C35H45N3O6. The Bertz CT molecular complexity index is 1400. The van der Waals surface area contributed by atoms with E-state index >= 15 is 0 Å². The van der Waals surface area contributed by atoms with Crippen LogP contribution in [-0.4, -0.2) is 74.4 Å². The standard InChI is InChI=1S/C35H45N3O6/c1-35(2,3)44-34(41)36-17-15-28(25-8-5-7-24(19-25)23-9-10-23)29(21-36)33(40)38(26-11-12-26)27-13-14-31-30(20-27)37(16-6-18-42-4)32(39)22-43-31/h5,7-8,13-14,19-20,23,26,28-29H,6,9-12,15-18,21-22H2,1-4H3/t28-,29?/m1/s1. The Balaban J connectivity index is 1.32. The molecule has 0 radical (unpaired) electrons. The first kappa shape index (κ1) is 30.4. The van der Waals surface area contributed by atoms with Gasteiger partial charge in [-0.25, -0.2) is 4.79 Å². The number of benzene rings is 2. The SMILES string of the molecule is COCCCN1C(=O)COc2ccc(N(C(=O)C3CN(C(=O)OC(C)(C)C)CC[C@@H]3c3cccc(C4CC4)c3)C3CC3)cc21. The molecule has 0 spiro atoms. The van der Waals surface area contributed by atoms with Crippen molar-refractivity contribution in [2.24, 2.45) is 5.92 Å². The Morgan fingerprint density at radius 2 is 1.80 bits per heavy atom. The van der Waals surface area contributed by atoms with E-state index in [1.807, 2.05) is 43.9 Å². The highest BCUT2D eigenvalue weighted by Gasteiger charge is 2.44. The third-order valence-corrected chi connectivity index (χ3v) is 9.01. The molecule has 1 saturated heterocycles. The summed E-state index contributed by atoms with van der Waals surface area (Å²) in [5.74, 6) is 0.702. The van der Waals surface area contributed by atoms with Gasteiger partial charge in [0.2, 0.25) is 5.91 Å². The number of nitrogens with zero attached hydrogens (tertiary/aromatic N) is 3. The number of fused-ring (bicyclic) bond motifs is 1. The van der Waals surface area contributed by atoms with Crippen LogP contribution in [0.3, 0.4) is 0 Å². The highest BCUT2D eigenvalue weighted by molar-refractivity contribution is 6.01. The molecule has 0 N–H and O–H groups in total. The Morgan fingerprint density at radius 3 is 2.50 bits per heavy atom. The normalized spacial score (nSPS) is 21.9. The molecule has 2 heterocycles. The van der Waals surface area contributed by atoms with Gasteiger partial charge in [0.05, 0.1) is 11.6 Å². The van der Waals surface area contributed by atoms with Gasteiger partial charge in [-0.1, -0.05) is 24.3 Å². The molecule has 2 saturated carbocycles. The van der Waals surface area contributed by atoms with Gasteiger partial charge in [0, 0.05) is 45.1 Å². The minimum absolute atomic E-state index is 0.00518. The number of rotatable bonds is 9. The fraction of sp³-hybridized carbons (Fsp3) is 0.571. The first-order valence-electron chi connectivity index (χ1n) is 16.1. The van der Waals surface area contributed by atoms with Crippen molar-refractivity contribution >= 4 is 29.3 Å². The van der Waals surface area contributed by atoms with Crippen molar-refractivity contribution in [3.63, 3.8) is 0 Å². The second-order valence-electron chi connectivity index (χ2n) is 13.6. The summed E-state index contributed by atoms with van der Waals surface area (Å²) in [5.41, 5.74) is 3.33. The zero-order valence-electron chi connectivity index (χ0n) is 26.4. The molecule has 2 aliphatic carbocycles. The van der Waals surface area contributed by atoms with Gasteiger partial charge in [-0.05, 0) is 100 Å². The van der Waals surface area contributed by atoms with Gasteiger partial charge in [0.15, 0.2) is 6.61 Å². The lowest BCUT2D eigenvalue weighted by molar-refractivity contribution is -0.124. The van der Waals surface area contributed by atoms with E-state index in [2.05, 4.69) is 24.3 Å². The van der Waals surface area contributed by atoms with E-state index in [0.717, 1.165) is 18.5 Å². The van der Waals surface area contributed by atoms with Gasteiger partial charge < -0.3 is 28.9 Å². The molecule has 44 heavy (non-hydrogen) atoms. The number of hydrogen-bond donors (Lipinski definition) is 0. The predicted molar refractivity (Wildman–Crippen MR) is 168 cm³/mol. The third-order valence-electron chi connectivity index (χ3n) is 9.01. The van der Waals surface area contributed by atoms with Crippen LogP contribution in [0.2, 0.25) is 0 Å². The molecule has 2 aliphatic heterocycles. The third kappa shape index (κ3) is 6.72. The van der Waals surface area contributed by atoms with E-state index in [9.17, 15) is 14.4 Å².